The van der Waals surface area contributed by atoms with E-state index in [1.165, 1.54) is 0 Å². The second-order valence-corrected chi connectivity index (χ2v) is 4.97. The Balaban J connectivity index is 1.87. The van der Waals surface area contributed by atoms with Crippen LogP contribution in [0.15, 0.2) is 36.5 Å². The fraction of sp³-hybridized carbons (Fsp3) is 0.154. The van der Waals surface area contributed by atoms with Gasteiger partial charge in [-0.25, -0.2) is 0 Å². The first-order chi connectivity index (χ1) is 9.65. The third-order valence-electron chi connectivity index (χ3n) is 2.44. The normalized spacial score (nSPS) is 10.2. The number of carbonyl (C=O) groups is 2. The Kier molecular flexibility index (Phi) is 4.78. The van der Waals surface area contributed by atoms with Crippen LogP contribution in [0.25, 0.3) is 11.3 Å². The van der Waals surface area contributed by atoms with Gasteiger partial charge in [0.1, 0.15) is 0 Å². The van der Waals surface area contributed by atoms with Gasteiger partial charge in [0.25, 0.3) is 0 Å². The number of carboxylic acids is 1. The van der Waals surface area contributed by atoms with Crippen LogP contribution in [0.5, 0.6) is 0 Å². The fourth-order valence-electron chi connectivity index (χ4n) is 1.58. The number of hydrogen-bond acceptors (Lipinski definition) is 4. The summed E-state index contributed by atoms with van der Waals surface area (Å²) in [5.74, 6) is -1.10. The van der Waals surface area contributed by atoms with Crippen molar-refractivity contribution in [3.8, 4) is 11.3 Å². The van der Waals surface area contributed by atoms with Crippen molar-refractivity contribution in [2.24, 2.45) is 0 Å². The third kappa shape index (κ3) is 4.13. The number of rotatable bonds is 6. The molecule has 1 heterocycles. The Labute approximate surface area is 119 Å². The molecule has 6 nitrogen and oxygen atoms in total. The van der Waals surface area contributed by atoms with Crippen molar-refractivity contribution in [1.82, 2.24) is 10.2 Å². The van der Waals surface area contributed by atoms with Gasteiger partial charge in [0.15, 0.2) is 0 Å². The highest BCUT2D eigenvalue weighted by Crippen LogP contribution is 2.18. The number of H-pyrrole nitrogens is 1. The average Bonchev–Trinajstić information content (AvgIpc) is 2.93. The van der Waals surface area contributed by atoms with Crippen LogP contribution in [0.3, 0.4) is 0 Å². The lowest BCUT2D eigenvalue weighted by Crippen LogP contribution is -2.15. The number of nitrogens with one attached hydrogen (secondary N) is 2. The molecule has 20 heavy (non-hydrogen) atoms. The summed E-state index contributed by atoms with van der Waals surface area (Å²) >= 11 is 1.07. The summed E-state index contributed by atoms with van der Waals surface area (Å²) < 4.78 is 0. The molecule has 7 heteroatoms. The summed E-state index contributed by atoms with van der Waals surface area (Å²) in [5, 5.41) is 17.9. The molecule has 1 aromatic heterocycles. The quantitative estimate of drug-likeness (QED) is 0.754. The Morgan fingerprint density at radius 3 is 2.55 bits per heavy atom. The van der Waals surface area contributed by atoms with Crippen molar-refractivity contribution in [3.05, 3.63) is 36.5 Å². The summed E-state index contributed by atoms with van der Waals surface area (Å²) in [7, 11) is 0. The summed E-state index contributed by atoms with van der Waals surface area (Å²) in [6.45, 7) is 0. The molecule has 1 aromatic carbocycles. The lowest BCUT2D eigenvalue weighted by molar-refractivity contribution is -0.133. The predicted molar refractivity (Wildman–Crippen MR) is 77.6 cm³/mol. The van der Waals surface area contributed by atoms with Crippen LogP contribution in [0.4, 0.5) is 5.69 Å². The van der Waals surface area contributed by atoms with Crippen molar-refractivity contribution < 1.29 is 14.7 Å². The smallest absolute Gasteiger partial charge is 0.313 e. The predicted octanol–water partition coefficient (Wildman–Crippen LogP) is 1.83. The maximum absolute atomic E-state index is 11.6. The Bertz CT molecular complexity index is 581. The number of aliphatic carboxylic acids is 1. The number of carbonyl (C=O) groups excluding carboxylic acids is 1. The minimum Gasteiger partial charge on any atom is -0.481 e. The van der Waals surface area contributed by atoms with Gasteiger partial charge < -0.3 is 10.4 Å². The zero-order valence-electron chi connectivity index (χ0n) is 10.5. The van der Waals surface area contributed by atoms with Crippen molar-refractivity contribution in [2.75, 3.05) is 16.8 Å². The first-order valence-corrected chi connectivity index (χ1v) is 7.00. The molecule has 0 aliphatic heterocycles. The molecule has 0 saturated heterocycles. The van der Waals surface area contributed by atoms with Gasteiger partial charge in [-0.1, -0.05) is 12.1 Å². The van der Waals surface area contributed by atoms with Gasteiger partial charge in [-0.05, 0) is 23.8 Å². The summed E-state index contributed by atoms with van der Waals surface area (Å²) in [4.78, 5) is 21.9. The van der Waals surface area contributed by atoms with Gasteiger partial charge in [0, 0.05) is 11.9 Å². The largest absolute Gasteiger partial charge is 0.481 e. The zero-order valence-corrected chi connectivity index (χ0v) is 11.3. The number of anilines is 1. The molecule has 0 unspecified atom stereocenters. The number of amides is 1. The van der Waals surface area contributed by atoms with Crippen LogP contribution in [-0.4, -0.2) is 38.7 Å². The monoisotopic (exact) mass is 291 g/mol. The molecule has 2 rings (SSSR count). The molecule has 0 spiro atoms. The van der Waals surface area contributed by atoms with Crippen molar-refractivity contribution >= 4 is 29.3 Å². The van der Waals surface area contributed by atoms with Gasteiger partial charge >= 0.3 is 5.97 Å². The van der Waals surface area contributed by atoms with E-state index in [2.05, 4.69) is 15.5 Å². The van der Waals surface area contributed by atoms with E-state index in [9.17, 15) is 9.59 Å². The summed E-state index contributed by atoms with van der Waals surface area (Å²) in [6, 6.07) is 9.17. The Morgan fingerprint density at radius 2 is 1.95 bits per heavy atom. The number of nitrogens with zero attached hydrogens (tertiary/aromatic N) is 1. The van der Waals surface area contributed by atoms with Crippen LogP contribution in [-0.2, 0) is 9.59 Å². The minimum absolute atomic E-state index is 0.0772. The van der Waals surface area contributed by atoms with Crippen LogP contribution in [0.1, 0.15) is 0 Å². The molecule has 0 atom stereocenters. The van der Waals surface area contributed by atoms with E-state index in [0.717, 1.165) is 23.0 Å². The molecule has 3 N–H and O–H groups in total. The first kappa shape index (κ1) is 14.1. The Hall–Kier alpha value is -2.28. The van der Waals surface area contributed by atoms with E-state index >= 15 is 0 Å². The molecule has 104 valence electrons. The molecular formula is C13H13N3O3S. The molecular weight excluding hydrogens is 278 g/mol. The fourth-order valence-corrected chi connectivity index (χ4v) is 2.11. The molecule has 0 saturated carbocycles. The number of hydrogen-bond donors (Lipinski definition) is 3. The second-order valence-electron chi connectivity index (χ2n) is 3.98. The lowest BCUT2D eigenvalue weighted by atomic mass is 10.1. The van der Waals surface area contributed by atoms with E-state index in [-0.39, 0.29) is 17.4 Å². The van der Waals surface area contributed by atoms with Crippen molar-refractivity contribution in [2.45, 2.75) is 0 Å². The number of carboxylic acid groups (broad SMARTS) is 1. The number of thioether (sulfide) groups is 1. The van der Waals surface area contributed by atoms with Crippen LogP contribution < -0.4 is 5.32 Å². The zero-order chi connectivity index (χ0) is 14.4. The molecule has 0 aliphatic rings. The van der Waals surface area contributed by atoms with Gasteiger partial charge in [-0.15, -0.1) is 11.8 Å². The Morgan fingerprint density at radius 1 is 1.20 bits per heavy atom. The molecule has 1 amide bonds. The topological polar surface area (TPSA) is 95.1 Å². The van der Waals surface area contributed by atoms with Crippen molar-refractivity contribution in [3.63, 3.8) is 0 Å². The van der Waals surface area contributed by atoms with Crippen LogP contribution in [0, 0.1) is 0 Å². The highest BCUT2D eigenvalue weighted by molar-refractivity contribution is 8.00. The lowest BCUT2D eigenvalue weighted by Gasteiger charge is -2.05. The van der Waals surface area contributed by atoms with E-state index in [0.29, 0.717) is 5.69 Å². The van der Waals surface area contributed by atoms with E-state index in [1.54, 1.807) is 18.3 Å². The minimum atomic E-state index is -0.924. The van der Waals surface area contributed by atoms with Crippen LogP contribution >= 0.6 is 11.8 Å². The number of aromatic nitrogens is 2. The average molecular weight is 291 g/mol. The van der Waals surface area contributed by atoms with E-state index in [4.69, 9.17) is 5.11 Å². The van der Waals surface area contributed by atoms with Gasteiger partial charge in [0.2, 0.25) is 5.91 Å². The maximum Gasteiger partial charge on any atom is 0.313 e. The summed E-state index contributed by atoms with van der Waals surface area (Å²) in [6.07, 6.45) is 1.67. The number of aromatic amines is 1. The third-order valence-corrected chi connectivity index (χ3v) is 3.36. The SMILES string of the molecule is O=C(O)CSCC(=O)Nc1ccc(-c2ccn[nH]2)cc1. The van der Waals surface area contributed by atoms with Crippen LogP contribution in [0.2, 0.25) is 0 Å². The first-order valence-electron chi connectivity index (χ1n) is 5.84. The molecule has 2 aromatic rings. The molecule has 0 bridgehead atoms. The highest BCUT2D eigenvalue weighted by Gasteiger charge is 2.05. The van der Waals surface area contributed by atoms with Gasteiger partial charge in [0.05, 0.1) is 17.2 Å². The van der Waals surface area contributed by atoms with E-state index in [1.807, 2.05) is 18.2 Å². The highest BCUT2D eigenvalue weighted by atomic mass is 32.2. The van der Waals surface area contributed by atoms with Gasteiger partial charge in [-0.2, -0.15) is 5.10 Å². The molecule has 0 aliphatic carbocycles. The number of benzene rings is 1. The standard InChI is InChI=1S/C13H13N3O3S/c17-12(7-20-8-13(18)19)15-10-3-1-9(2-4-10)11-5-6-14-16-11/h1-6H,7-8H2,(H,14,16)(H,15,17)(H,18,19). The second kappa shape index (κ2) is 6.76. The van der Waals surface area contributed by atoms with E-state index < -0.39 is 5.97 Å². The van der Waals surface area contributed by atoms with Gasteiger partial charge in [-0.3, -0.25) is 14.7 Å². The molecule has 0 radical (unpaired) electrons. The van der Waals surface area contributed by atoms with Crippen molar-refractivity contribution in [1.29, 1.82) is 0 Å². The summed E-state index contributed by atoms with van der Waals surface area (Å²) in [5.41, 5.74) is 2.55. The maximum atomic E-state index is 11.6. The molecule has 0 fully saturated rings.